The Bertz CT molecular complexity index is 278. The molecule has 1 heterocycles. The lowest BCUT2D eigenvalue weighted by atomic mass is 9.86. The smallest absolute Gasteiger partial charge is 0.225 e. The number of hydrogen-bond acceptors (Lipinski definition) is 3. The molecule has 1 saturated heterocycles. The van der Waals surface area contributed by atoms with Crippen molar-refractivity contribution in [3.05, 3.63) is 0 Å². The van der Waals surface area contributed by atoms with Crippen LogP contribution in [0.3, 0.4) is 0 Å². The van der Waals surface area contributed by atoms with Crippen molar-refractivity contribution in [3.8, 4) is 0 Å². The first-order chi connectivity index (χ1) is 8.58. The summed E-state index contributed by atoms with van der Waals surface area (Å²) in [7, 11) is 0. The highest BCUT2D eigenvalue weighted by molar-refractivity contribution is 5.79. The lowest BCUT2D eigenvalue weighted by Crippen LogP contribution is -2.52. The number of amides is 1. The van der Waals surface area contributed by atoms with Gasteiger partial charge in [0, 0.05) is 38.1 Å². The molecule has 0 aromatic heterocycles. The predicted octanol–water partition coefficient (Wildman–Crippen LogP) is 1.09. The molecule has 4 heteroatoms. The molecule has 1 aliphatic carbocycles. The minimum Gasteiger partial charge on any atom is -0.393 e. The second-order valence-electron chi connectivity index (χ2n) is 5.96. The molecule has 0 atom stereocenters. The zero-order chi connectivity index (χ0) is 13.1. The fraction of sp³-hybridized carbons (Fsp3) is 0.929. The maximum atomic E-state index is 12.4. The Hall–Kier alpha value is -0.610. The summed E-state index contributed by atoms with van der Waals surface area (Å²) >= 11 is 0. The molecule has 0 bridgehead atoms. The fourth-order valence-electron chi connectivity index (χ4n) is 3.04. The normalized spacial score (nSPS) is 30.8. The third-order valence-electron chi connectivity index (χ3n) is 4.40. The summed E-state index contributed by atoms with van der Waals surface area (Å²) < 4.78 is 0. The summed E-state index contributed by atoms with van der Waals surface area (Å²) in [5, 5.41) is 9.48. The van der Waals surface area contributed by atoms with E-state index in [2.05, 4.69) is 18.7 Å². The molecule has 1 amide bonds. The molecule has 18 heavy (non-hydrogen) atoms. The average Bonchev–Trinajstić information content (AvgIpc) is 2.39. The zero-order valence-corrected chi connectivity index (χ0v) is 11.6. The number of piperazine rings is 1. The van der Waals surface area contributed by atoms with Crippen molar-refractivity contribution in [3.63, 3.8) is 0 Å². The highest BCUT2D eigenvalue weighted by Gasteiger charge is 2.30. The summed E-state index contributed by atoms with van der Waals surface area (Å²) in [6.45, 7) is 8.16. The van der Waals surface area contributed by atoms with E-state index in [4.69, 9.17) is 0 Å². The van der Waals surface area contributed by atoms with Crippen LogP contribution in [0.4, 0.5) is 0 Å². The third kappa shape index (κ3) is 3.23. The predicted molar refractivity (Wildman–Crippen MR) is 71.3 cm³/mol. The van der Waals surface area contributed by atoms with Gasteiger partial charge in [0.1, 0.15) is 0 Å². The molecule has 0 aromatic rings. The van der Waals surface area contributed by atoms with Gasteiger partial charge >= 0.3 is 0 Å². The van der Waals surface area contributed by atoms with Crippen molar-refractivity contribution in [1.82, 2.24) is 9.80 Å². The Kier molecular flexibility index (Phi) is 4.62. The van der Waals surface area contributed by atoms with Crippen LogP contribution in [0.25, 0.3) is 0 Å². The molecule has 1 saturated carbocycles. The Morgan fingerprint density at radius 3 is 2.11 bits per heavy atom. The lowest BCUT2D eigenvalue weighted by molar-refractivity contribution is -0.139. The van der Waals surface area contributed by atoms with Gasteiger partial charge in [0.05, 0.1) is 6.10 Å². The number of hydrogen-bond donors (Lipinski definition) is 1. The first-order valence-corrected chi connectivity index (χ1v) is 7.29. The molecule has 104 valence electrons. The van der Waals surface area contributed by atoms with Gasteiger partial charge in [0.2, 0.25) is 5.91 Å². The van der Waals surface area contributed by atoms with Crippen LogP contribution in [0.5, 0.6) is 0 Å². The van der Waals surface area contributed by atoms with E-state index in [1.165, 1.54) is 0 Å². The third-order valence-corrected chi connectivity index (χ3v) is 4.40. The van der Waals surface area contributed by atoms with Gasteiger partial charge in [-0.1, -0.05) is 0 Å². The van der Waals surface area contributed by atoms with Crippen LogP contribution in [0.15, 0.2) is 0 Å². The van der Waals surface area contributed by atoms with Crippen LogP contribution in [-0.2, 0) is 4.79 Å². The number of rotatable bonds is 2. The summed E-state index contributed by atoms with van der Waals surface area (Å²) in [5.74, 6) is 0.490. The van der Waals surface area contributed by atoms with Gasteiger partial charge in [0.15, 0.2) is 0 Å². The van der Waals surface area contributed by atoms with Crippen LogP contribution in [0, 0.1) is 5.92 Å². The Morgan fingerprint density at radius 1 is 1.06 bits per heavy atom. The van der Waals surface area contributed by atoms with Crippen LogP contribution < -0.4 is 0 Å². The topological polar surface area (TPSA) is 43.8 Å². The molecule has 4 nitrogen and oxygen atoms in total. The maximum Gasteiger partial charge on any atom is 0.225 e. The summed E-state index contributed by atoms with van der Waals surface area (Å²) in [5.41, 5.74) is 0. The van der Waals surface area contributed by atoms with Crippen molar-refractivity contribution in [2.24, 2.45) is 5.92 Å². The van der Waals surface area contributed by atoms with Crippen molar-refractivity contribution < 1.29 is 9.90 Å². The number of carbonyl (C=O) groups is 1. The van der Waals surface area contributed by atoms with Crippen molar-refractivity contribution in [2.75, 3.05) is 26.2 Å². The van der Waals surface area contributed by atoms with Gasteiger partial charge in [0.25, 0.3) is 0 Å². The highest BCUT2D eigenvalue weighted by atomic mass is 16.3. The van der Waals surface area contributed by atoms with Crippen LogP contribution >= 0.6 is 0 Å². The zero-order valence-electron chi connectivity index (χ0n) is 11.6. The van der Waals surface area contributed by atoms with Crippen molar-refractivity contribution >= 4 is 5.91 Å². The molecule has 0 unspecified atom stereocenters. The average molecular weight is 254 g/mol. The molecule has 1 aliphatic heterocycles. The highest BCUT2D eigenvalue weighted by Crippen LogP contribution is 2.26. The van der Waals surface area contributed by atoms with E-state index < -0.39 is 0 Å². The molecular formula is C14H26N2O2. The van der Waals surface area contributed by atoms with Gasteiger partial charge in [-0.15, -0.1) is 0 Å². The minimum atomic E-state index is -0.174. The molecule has 1 N–H and O–H groups in total. The van der Waals surface area contributed by atoms with Crippen LogP contribution in [-0.4, -0.2) is 59.1 Å². The Labute approximate surface area is 110 Å². The first kappa shape index (κ1) is 13.8. The largest absolute Gasteiger partial charge is 0.393 e. The molecule has 0 spiro atoms. The second-order valence-corrected chi connectivity index (χ2v) is 5.96. The number of aliphatic hydroxyl groups excluding tert-OH is 1. The molecule has 2 rings (SSSR count). The number of carbonyl (C=O) groups excluding carboxylic acids is 1. The quantitative estimate of drug-likeness (QED) is 0.802. The molecule has 0 radical (unpaired) electrons. The fourth-order valence-corrected chi connectivity index (χ4v) is 3.04. The van der Waals surface area contributed by atoms with Gasteiger partial charge in [-0.25, -0.2) is 0 Å². The summed E-state index contributed by atoms with van der Waals surface area (Å²) in [4.78, 5) is 16.8. The monoisotopic (exact) mass is 254 g/mol. The van der Waals surface area contributed by atoms with E-state index in [0.29, 0.717) is 11.9 Å². The van der Waals surface area contributed by atoms with E-state index in [1.807, 2.05) is 4.90 Å². The summed E-state index contributed by atoms with van der Waals surface area (Å²) in [6, 6.07) is 0.576. The van der Waals surface area contributed by atoms with E-state index in [-0.39, 0.29) is 12.0 Å². The lowest BCUT2D eigenvalue weighted by Gasteiger charge is -2.39. The SMILES string of the molecule is CC(C)N1CCN(C(=O)[C@H]2CC[C@H](O)CC2)CC1. The summed E-state index contributed by atoms with van der Waals surface area (Å²) in [6.07, 6.45) is 3.14. The van der Waals surface area contributed by atoms with E-state index in [9.17, 15) is 9.90 Å². The minimum absolute atomic E-state index is 0.166. The molecule has 2 fully saturated rings. The van der Waals surface area contributed by atoms with E-state index >= 15 is 0 Å². The Balaban J connectivity index is 1.80. The molecular weight excluding hydrogens is 228 g/mol. The van der Waals surface area contributed by atoms with E-state index in [1.54, 1.807) is 0 Å². The van der Waals surface area contributed by atoms with Crippen molar-refractivity contribution in [2.45, 2.75) is 51.7 Å². The van der Waals surface area contributed by atoms with E-state index in [0.717, 1.165) is 51.9 Å². The van der Waals surface area contributed by atoms with Crippen LogP contribution in [0.2, 0.25) is 0 Å². The molecule has 2 aliphatic rings. The van der Waals surface area contributed by atoms with Crippen molar-refractivity contribution in [1.29, 1.82) is 0 Å². The van der Waals surface area contributed by atoms with Gasteiger partial charge in [-0.05, 0) is 39.5 Å². The van der Waals surface area contributed by atoms with Gasteiger partial charge in [-0.2, -0.15) is 0 Å². The Morgan fingerprint density at radius 2 is 1.61 bits per heavy atom. The first-order valence-electron chi connectivity index (χ1n) is 7.29. The standard InChI is InChI=1S/C14H26N2O2/c1-11(2)15-7-9-16(10-8-15)14(18)12-3-5-13(17)6-4-12/h11-13,17H,3-10H2,1-2H3/t12-,13-. The maximum absolute atomic E-state index is 12.4. The van der Waals surface area contributed by atoms with Crippen LogP contribution in [0.1, 0.15) is 39.5 Å². The number of aliphatic hydroxyl groups is 1. The number of nitrogens with zero attached hydrogens (tertiary/aromatic N) is 2. The van der Waals surface area contributed by atoms with Gasteiger partial charge < -0.3 is 10.0 Å². The second kappa shape index (κ2) is 6.02. The molecule has 0 aromatic carbocycles. The van der Waals surface area contributed by atoms with Gasteiger partial charge in [-0.3, -0.25) is 9.69 Å².